The zero-order valence-electron chi connectivity index (χ0n) is 21.3. The first-order chi connectivity index (χ1) is 18.2. The minimum atomic E-state index is -0.0127. The standard InChI is InChI=1S/C29H34N6OS/c1-33-16-18-34(19-17-33)15-5-13-31-28(36)25-10-8-23(9-11-25)21-35-27-20-30-14-12-26(27)32-29(35)37-22-24-6-3-2-4-7-24/h2-4,6-12,14,20H,5,13,15-19,21-22H2,1H3,(H,31,36). The molecule has 5 rings (SSSR count). The summed E-state index contributed by atoms with van der Waals surface area (Å²) in [7, 11) is 2.17. The first-order valence-corrected chi connectivity index (χ1v) is 13.9. The number of carbonyl (C=O) groups is 1. The zero-order chi connectivity index (χ0) is 25.5. The summed E-state index contributed by atoms with van der Waals surface area (Å²) in [6.45, 7) is 6.87. The summed E-state index contributed by atoms with van der Waals surface area (Å²) in [4.78, 5) is 26.7. The van der Waals surface area contributed by atoms with Crippen molar-refractivity contribution in [3.05, 3.63) is 89.7 Å². The summed E-state index contributed by atoms with van der Waals surface area (Å²) in [5.74, 6) is 0.840. The van der Waals surface area contributed by atoms with Gasteiger partial charge in [-0.05, 0) is 49.3 Å². The van der Waals surface area contributed by atoms with Crippen LogP contribution in [0.5, 0.6) is 0 Å². The quantitative estimate of drug-likeness (QED) is 0.254. The highest BCUT2D eigenvalue weighted by Gasteiger charge is 2.14. The van der Waals surface area contributed by atoms with Crippen LogP contribution in [-0.4, -0.2) is 76.6 Å². The van der Waals surface area contributed by atoms with Crippen LogP contribution < -0.4 is 5.32 Å². The summed E-state index contributed by atoms with van der Waals surface area (Å²) in [6, 6.07) is 20.3. The van der Waals surface area contributed by atoms with Gasteiger partial charge in [0.25, 0.3) is 5.91 Å². The number of imidazole rings is 1. The Bertz CT molecular complexity index is 1300. The summed E-state index contributed by atoms with van der Waals surface area (Å²) < 4.78 is 2.21. The Labute approximate surface area is 222 Å². The van der Waals surface area contributed by atoms with Crippen LogP contribution >= 0.6 is 11.8 Å². The molecule has 0 atom stereocenters. The van der Waals surface area contributed by atoms with Gasteiger partial charge in [0.15, 0.2) is 5.16 Å². The van der Waals surface area contributed by atoms with Crippen LogP contribution in [0, 0.1) is 0 Å². The number of aromatic nitrogens is 3. The number of nitrogens with zero attached hydrogens (tertiary/aromatic N) is 5. The molecule has 1 amide bonds. The van der Waals surface area contributed by atoms with Crippen molar-refractivity contribution in [2.24, 2.45) is 0 Å². The van der Waals surface area contributed by atoms with E-state index in [-0.39, 0.29) is 5.91 Å². The van der Waals surface area contributed by atoms with Gasteiger partial charge in [-0.25, -0.2) is 4.98 Å². The molecule has 0 radical (unpaired) electrons. The van der Waals surface area contributed by atoms with E-state index in [4.69, 9.17) is 4.98 Å². The number of piperazine rings is 1. The van der Waals surface area contributed by atoms with E-state index in [0.717, 1.165) is 66.7 Å². The van der Waals surface area contributed by atoms with Gasteiger partial charge in [-0.3, -0.25) is 9.78 Å². The first-order valence-electron chi connectivity index (χ1n) is 12.9. The molecule has 1 aliphatic rings. The Hall–Kier alpha value is -3.20. The van der Waals surface area contributed by atoms with Gasteiger partial charge in [0.1, 0.15) is 0 Å². The number of pyridine rings is 1. The third kappa shape index (κ3) is 6.77. The molecule has 0 bridgehead atoms. The Kier molecular flexibility index (Phi) is 8.50. The summed E-state index contributed by atoms with van der Waals surface area (Å²) in [5, 5.41) is 4.04. The van der Waals surface area contributed by atoms with Gasteiger partial charge in [-0.2, -0.15) is 0 Å². The van der Waals surface area contributed by atoms with Crippen molar-refractivity contribution in [3.63, 3.8) is 0 Å². The number of thioether (sulfide) groups is 1. The predicted octanol–water partition coefficient (Wildman–Crippen LogP) is 4.14. The number of hydrogen-bond acceptors (Lipinski definition) is 6. The molecule has 4 aromatic rings. The van der Waals surface area contributed by atoms with E-state index in [0.29, 0.717) is 18.7 Å². The number of hydrogen-bond donors (Lipinski definition) is 1. The minimum absolute atomic E-state index is 0.0127. The van der Waals surface area contributed by atoms with Crippen LogP contribution in [0.15, 0.2) is 78.2 Å². The van der Waals surface area contributed by atoms with Gasteiger partial charge in [-0.15, -0.1) is 0 Å². The van der Waals surface area contributed by atoms with Crippen molar-refractivity contribution in [2.75, 3.05) is 46.3 Å². The van der Waals surface area contributed by atoms with E-state index < -0.39 is 0 Å². The van der Waals surface area contributed by atoms with Gasteiger partial charge in [-0.1, -0.05) is 54.2 Å². The predicted molar refractivity (Wildman–Crippen MR) is 150 cm³/mol. The smallest absolute Gasteiger partial charge is 0.251 e. The summed E-state index contributed by atoms with van der Waals surface area (Å²) in [6.07, 6.45) is 4.63. The highest BCUT2D eigenvalue weighted by molar-refractivity contribution is 7.98. The molecule has 2 aromatic heterocycles. The number of benzene rings is 2. The molecule has 1 N–H and O–H groups in total. The summed E-state index contributed by atoms with van der Waals surface area (Å²) >= 11 is 1.73. The van der Waals surface area contributed by atoms with Crippen LogP contribution in [0.2, 0.25) is 0 Å². The molecule has 1 saturated heterocycles. The van der Waals surface area contributed by atoms with Crippen LogP contribution in [0.3, 0.4) is 0 Å². The van der Waals surface area contributed by atoms with E-state index >= 15 is 0 Å². The Morgan fingerprint density at radius 1 is 0.973 bits per heavy atom. The largest absolute Gasteiger partial charge is 0.352 e. The maximum absolute atomic E-state index is 12.7. The molecule has 1 aliphatic heterocycles. The molecule has 3 heterocycles. The van der Waals surface area contributed by atoms with Gasteiger partial charge in [0.05, 0.1) is 23.8 Å². The fourth-order valence-electron chi connectivity index (χ4n) is 4.56. The van der Waals surface area contributed by atoms with Crippen molar-refractivity contribution in [1.82, 2.24) is 29.7 Å². The van der Waals surface area contributed by atoms with Crippen molar-refractivity contribution in [3.8, 4) is 0 Å². The van der Waals surface area contributed by atoms with E-state index in [1.54, 1.807) is 18.0 Å². The third-order valence-electron chi connectivity index (χ3n) is 6.82. The highest BCUT2D eigenvalue weighted by atomic mass is 32.2. The van der Waals surface area contributed by atoms with Crippen LogP contribution in [-0.2, 0) is 12.3 Å². The fourth-order valence-corrected chi connectivity index (χ4v) is 5.52. The monoisotopic (exact) mass is 514 g/mol. The lowest BCUT2D eigenvalue weighted by atomic mass is 10.1. The number of carbonyl (C=O) groups excluding carboxylic acids is 1. The highest BCUT2D eigenvalue weighted by Crippen LogP contribution is 2.27. The maximum atomic E-state index is 12.7. The topological polar surface area (TPSA) is 66.3 Å². The molecule has 7 nitrogen and oxygen atoms in total. The average molecular weight is 515 g/mol. The van der Waals surface area contributed by atoms with Crippen molar-refractivity contribution in [1.29, 1.82) is 0 Å². The van der Waals surface area contributed by atoms with Gasteiger partial charge in [0.2, 0.25) is 0 Å². The third-order valence-corrected chi connectivity index (χ3v) is 7.86. The molecule has 0 spiro atoms. The lowest BCUT2D eigenvalue weighted by Crippen LogP contribution is -2.45. The van der Waals surface area contributed by atoms with E-state index in [9.17, 15) is 4.79 Å². The molecule has 2 aromatic carbocycles. The van der Waals surface area contributed by atoms with Crippen LogP contribution in [0.25, 0.3) is 11.0 Å². The van der Waals surface area contributed by atoms with Crippen LogP contribution in [0.4, 0.5) is 0 Å². The maximum Gasteiger partial charge on any atom is 0.251 e. The van der Waals surface area contributed by atoms with E-state index in [1.165, 1.54) is 5.56 Å². The Balaban J connectivity index is 1.18. The lowest BCUT2D eigenvalue weighted by molar-refractivity contribution is 0.0949. The average Bonchev–Trinajstić information content (AvgIpc) is 3.29. The molecule has 0 saturated carbocycles. The normalized spacial score (nSPS) is 14.7. The zero-order valence-corrected chi connectivity index (χ0v) is 22.2. The van der Waals surface area contributed by atoms with Gasteiger partial charge >= 0.3 is 0 Å². The minimum Gasteiger partial charge on any atom is -0.352 e. The fraction of sp³-hybridized carbons (Fsp3) is 0.345. The van der Waals surface area contributed by atoms with Crippen molar-refractivity contribution < 1.29 is 4.79 Å². The number of nitrogens with one attached hydrogen (secondary N) is 1. The van der Waals surface area contributed by atoms with Crippen molar-refractivity contribution >= 4 is 28.7 Å². The van der Waals surface area contributed by atoms with Crippen molar-refractivity contribution in [2.45, 2.75) is 23.9 Å². The van der Waals surface area contributed by atoms with E-state index in [2.05, 4.69) is 56.0 Å². The van der Waals surface area contributed by atoms with Gasteiger partial charge < -0.3 is 19.7 Å². The molecule has 37 heavy (non-hydrogen) atoms. The Morgan fingerprint density at radius 3 is 2.54 bits per heavy atom. The summed E-state index contributed by atoms with van der Waals surface area (Å²) in [5.41, 5.74) is 5.04. The van der Waals surface area contributed by atoms with Gasteiger partial charge in [0, 0.05) is 50.2 Å². The molecule has 1 fully saturated rings. The molecular formula is C29H34N6OS. The number of likely N-dealkylation sites (N-methyl/N-ethyl adjacent to an activating group) is 1. The first kappa shape index (κ1) is 25.4. The molecular weight excluding hydrogens is 480 g/mol. The number of rotatable bonds is 10. The van der Waals surface area contributed by atoms with E-state index in [1.807, 2.05) is 42.6 Å². The second-order valence-corrected chi connectivity index (χ2v) is 10.5. The number of amides is 1. The molecule has 192 valence electrons. The molecule has 8 heteroatoms. The Morgan fingerprint density at radius 2 is 1.76 bits per heavy atom. The second kappa shape index (κ2) is 12.4. The number of fused-ring (bicyclic) bond motifs is 1. The second-order valence-electron chi connectivity index (χ2n) is 9.57. The SMILES string of the molecule is CN1CCN(CCCNC(=O)c2ccc(Cn3c(SCc4ccccc4)nc4ccncc43)cc2)CC1. The molecule has 0 aliphatic carbocycles. The lowest BCUT2D eigenvalue weighted by Gasteiger charge is -2.32. The van der Waals surface area contributed by atoms with Crippen LogP contribution in [0.1, 0.15) is 27.9 Å². The molecule has 0 unspecified atom stereocenters.